The van der Waals surface area contributed by atoms with Crippen molar-refractivity contribution in [3.8, 4) is 0 Å². The minimum Gasteiger partial charge on any atom is -0.376 e. The lowest BCUT2D eigenvalue weighted by Crippen LogP contribution is -2.38. The van der Waals surface area contributed by atoms with Gasteiger partial charge < -0.3 is 14.8 Å². The second kappa shape index (κ2) is 7.03. The van der Waals surface area contributed by atoms with E-state index in [9.17, 15) is 0 Å². The van der Waals surface area contributed by atoms with Crippen molar-refractivity contribution >= 4 is 10.8 Å². The van der Waals surface area contributed by atoms with Gasteiger partial charge in [-0.3, -0.25) is 0 Å². The highest BCUT2D eigenvalue weighted by atomic mass is 16.6. The number of benzene rings is 2. The monoisotopic (exact) mass is 285 g/mol. The van der Waals surface area contributed by atoms with Crippen LogP contribution in [0.15, 0.2) is 42.5 Å². The average Bonchev–Trinajstić information content (AvgIpc) is 2.48. The van der Waals surface area contributed by atoms with Gasteiger partial charge in [0.2, 0.25) is 0 Å². The minimum atomic E-state index is 0.246. The first-order valence-electron chi connectivity index (χ1n) is 7.78. The standard InChI is InChI=1S/C18H23NO2/c1-2-9-19-18(13-21-17-11-20-12-17)16-8-7-14-5-3-4-6-15(14)10-16/h3-8,10,17-19H,2,9,11-13H2,1H3. The predicted molar refractivity (Wildman–Crippen MR) is 85.5 cm³/mol. The molecule has 1 saturated heterocycles. The predicted octanol–water partition coefficient (Wildman–Crippen LogP) is 3.30. The molecule has 1 N–H and O–H groups in total. The molecule has 3 nitrogen and oxygen atoms in total. The van der Waals surface area contributed by atoms with Crippen LogP contribution < -0.4 is 5.32 Å². The van der Waals surface area contributed by atoms with Gasteiger partial charge in [0, 0.05) is 0 Å². The molecule has 0 aromatic heterocycles. The molecule has 0 radical (unpaired) electrons. The Bertz CT molecular complexity index is 580. The van der Waals surface area contributed by atoms with Gasteiger partial charge in [0.25, 0.3) is 0 Å². The van der Waals surface area contributed by atoms with Gasteiger partial charge in [-0.05, 0) is 35.4 Å². The van der Waals surface area contributed by atoms with Crippen molar-refractivity contribution < 1.29 is 9.47 Å². The third kappa shape index (κ3) is 3.62. The highest BCUT2D eigenvalue weighted by molar-refractivity contribution is 5.83. The molecule has 1 atom stereocenters. The molecule has 1 unspecified atom stereocenters. The molecular weight excluding hydrogens is 262 g/mol. The second-order valence-electron chi connectivity index (χ2n) is 5.61. The van der Waals surface area contributed by atoms with E-state index in [-0.39, 0.29) is 12.1 Å². The second-order valence-corrected chi connectivity index (χ2v) is 5.61. The van der Waals surface area contributed by atoms with Gasteiger partial charge in [-0.2, -0.15) is 0 Å². The van der Waals surface area contributed by atoms with E-state index in [2.05, 4.69) is 54.7 Å². The van der Waals surface area contributed by atoms with E-state index < -0.39 is 0 Å². The molecule has 3 heteroatoms. The van der Waals surface area contributed by atoms with E-state index >= 15 is 0 Å². The molecule has 112 valence electrons. The third-order valence-corrected chi connectivity index (χ3v) is 3.92. The van der Waals surface area contributed by atoms with Crippen molar-refractivity contribution in [2.45, 2.75) is 25.5 Å². The van der Waals surface area contributed by atoms with Gasteiger partial charge in [0.05, 0.1) is 25.9 Å². The molecule has 1 fully saturated rings. The molecule has 0 spiro atoms. The van der Waals surface area contributed by atoms with Crippen molar-refractivity contribution in [1.82, 2.24) is 5.32 Å². The van der Waals surface area contributed by atoms with Gasteiger partial charge in [0.1, 0.15) is 6.10 Å². The molecule has 0 bridgehead atoms. The van der Waals surface area contributed by atoms with Crippen LogP contribution in [0.1, 0.15) is 24.9 Å². The Hall–Kier alpha value is -1.42. The highest BCUT2D eigenvalue weighted by Gasteiger charge is 2.21. The Morgan fingerprint density at radius 2 is 2.00 bits per heavy atom. The number of hydrogen-bond donors (Lipinski definition) is 1. The molecule has 1 aliphatic heterocycles. The van der Waals surface area contributed by atoms with Crippen LogP contribution in [0.2, 0.25) is 0 Å². The molecule has 1 heterocycles. The molecule has 21 heavy (non-hydrogen) atoms. The summed E-state index contributed by atoms with van der Waals surface area (Å²) in [6, 6.07) is 15.4. The first-order valence-corrected chi connectivity index (χ1v) is 7.78. The van der Waals surface area contributed by atoms with Crippen LogP contribution in [-0.4, -0.2) is 32.5 Å². The van der Waals surface area contributed by atoms with Crippen LogP contribution in [0.25, 0.3) is 10.8 Å². The quantitative estimate of drug-likeness (QED) is 0.846. The SMILES string of the molecule is CCCNC(COC1COC1)c1ccc2ccccc2c1. The van der Waals surface area contributed by atoms with Gasteiger partial charge in [-0.15, -0.1) is 0 Å². The Morgan fingerprint density at radius 1 is 1.19 bits per heavy atom. The summed E-state index contributed by atoms with van der Waals surface area (Å²) in [5.41, 5.74) is 1.29. The van der Waals surface area contributed by atoms with Crippen LogP contribution in [-0.2, 0) is 9.47 Å². The zero-order valence-electron chi connectivity index (χ0n) is 12.5. The van der Waals surface area contributed by atoms with Crippen LogP contribution in [0.3, 0.4) is 0 Å². The van der Waals surface area contributed by atoms with Gasteiger partial charge in [-0.1, -0.05) is 43.3 Å². The van der Waals surface area contributed by atoms with E-state index in [0.717, 1.165) is 26.2 Å². The summed E-state index contributed by atoms with van der Waals surface area (Å²) in [6.07, 6.45) is 1.40. The third-order valence-electron chi connectivity index (χ3n) is 3.92. The summed E-state index contributed by atoms with van der Waals surface area (Å²) >= 11 is 0. The van der Waals surface area contributed by atoms with Crippen LogP contribution in [0, 0.1) is 0 Å². The van der Waals surface area contributed by atoms with Crippen molar-refractivity contribution in [1.29, 1.82) is 0 Å². The Balaban J connectivity index is 1.74. The lowest BCUT2D eigenvalue weighted by molar-refractivity contribution is -0.133. The van der Waals surface area contributed by atoms with Crippen molar-refractivity contribution in [3.63, 3.8) is 0 Å². The van der Waals surface area contributed by atoms with Gasteiger partial charge in [-0.25, -0.2) is 0 Å². The largest absolute Gasteiger partial charge is 0.376 e. The van der Waals surface area contributed by atoms with Gasteiger partial charge in [0.15, 0.2) is 0 Å². The number of hydrogen-bond acceptors (Lipinski definition) is 3. The van der Waals surface area contributed by atoms with Crippen LogP contribution >= 0.6 is 0 Å². The van der Waals surface area contributed by atoms with E-state index in [0.29, 0.717) is 6.61 Å². The molecule has 1 aliphatic rings. The van der Waals surface area contributed by atoms with E-state index in [1.54, 1.807) is 0 Å². The maximum atomic E-state index is 5.92. The normalized spacial score (nSPS) is 16.8. The molecule has 2 aromatic carbocycles. The number of fused-ring (bicyclic) bond motifs is 1. The molecule has 0 amide bonds. The maximum Gasteiger partial charge on any atom is 0.104 e. The average molecular weight is 285 g/mol. The number of ether oxygens (including phenoxy) is 2. The van der Waals surface area contributed by atoms with Crippen LogP contribution in [0.4, 0.5) is 0 Å². The highest BCUT2D eigenvalue weighted by Crippen LogP contribution is 2.21. The first-order chi connectivity index (χ1) is 10.4. The lowest BCUT2D eigenvalue weighted by atomic mass is 10.0. The summed E-state index contributed by atoms with van der Waals surface area (Å²) in [4.78, 5) is 0. The topological polar surface area (TPSA) is 30.5 Å². The Kier molecular flexibility index (Phi) is 4.86. The van der Waals surface area contributed by atoms with Crippen molar-refractivity contribution in [2.24, 2.45) is 0 Å². The lowest BCUT2D eigenvalue weighted by Gasteiger charge is -2.29. The van der Waals surface area contributed by atoms with Crippen molar-refractivity contribution in [3.05, 3.63) is 48.0 Å². The Labute approximate surface area is 126 Å². The summed E-state index contributed by atoms with van der Waals surface area (Å²) in [5, 5.41) is 6.15. The summed E-state index contributed by atoms with van der Waals surface area (Å²) in [6.45, 7) is 5.36. The minimum absolute atomic E-state index is 0.246. The number of rotatable bonds is 7. The van der Waals surface area contributed by atoms with E-state index in [1.807, 2.05) is 0 Å². The molecule has 0 aliphatic carbocycles. The number of nitrogens with one attached hydrogen (secondary N) is 1. The zero-order valence-corrected chi connectivity index (χ0v) is 12.5. The fraction of sp³-hybridized carbons (Fsp3) is 0.444. The fourth-order valence-corrected chi connectivity index (χ4v) is 2.56. The molecular formula is C18H23NO2. The Morgan fingerprint density at radius 3 is 2.71 bits per heavy atom. The summed E-state index contributed by atoms with van der Waals surface area (Å²) in [5.74, 6) is 0. The summed E-state index contributed by atoms with van der Waals surface area (Å²) in [7, 11) is 0. The van der Waals surface area contributed by atoms with Crippen LogP contribution in [0.5, 0.6) is 0 Å². The molecule has 2 aromatic rings. The van der Waals surface area contributed by atoms with Gasteiger partial charge >= 0.3 is 0 Å². The maximum absolute atomic E-state index is 5.92. The zero-order chi connectivity index (χ0) is 14.5. The van der Waals surface area contributed by atoms with E-state index in [4.69, 9.17) is 9.47 Å². The fourth-order valence-electron chi connectivity index (χ4n) is 2.56. The first kappa shape index (κ1) is 14.5. The molecule has 3 rings (SSSR count). The van der Waals surface area contributed by atoms with E-state index in [1.165, 1.54) is 16.3 Å². The molecule has 0 saturated carbocycles. The smallest absolute Gasteiger partial charge is 0.104 e. The van der Waals surface area contributed by atoms with Crippen molar-refractivity contribution in [2.75, 3.05) is 26.4 Å². The summed E-state index contributed by atoms with van der Waals surface area (Å²) < 4.78 is 11.1.